The maximum Gasteiger partial charge on any atom is 0.280 e. The number of rotatable bonds is 4. The lowest BCUT2D eigenvalue weighted by atomic mass is 9.90. The molecule has 0 saturated carbocycles. The molecule has 3 rings (SSSR count). The Morgan fingerprint density at radius 3 is 2.84 bits per heavy atom. The van der Waals surface area contributed by atoms with Gasteiger partial charge in [-0.3, -0.25) is 9.36 Å². The molecule has 1 aliphatic rings. The molecule has 7 nitrogen and oxygen atoms in total. The molecule has 0 unspecified atom stereocenters. The summed E-state index contributed by atoms with van der Waals surface area (Å²) in [7, 11) is 0. The summed E-state index contributed by atoms with van der Waals surface area (Å²) in [6.07, 6.45) is -0.206. The molecule has 134 valence electrons. The molecule has 2 aromatic rings. The fourth-order valence-corrected chi connectivity index (χ4v) is 2.65. The summed E-state index contributed by atoms with van der Waals surface area (Å²) >= 11 is 0. The average Bonchev–Trinajstić information content (AvgIpc) is 2.59. The Morgan fingerprint density at radius 1 is 1.44 bits per heavy atom. The van der Waals surface area contributed by atoms with E-state index in [4.69, 9.17) is 10.5 Å². The van der Waals surface area contributed by atoms with Crippen LogP contribution in [0.25, 0.3) is 0 Å². The number of piperidine rings is 1. The minimum absolute atomic E-state index is 0.0138. The number of anilines is 1. The van der Waals surface area contributed by atoms with E-state index in [1.165, 1.54) is 24.3 Å². The van der Waals surface area contributed by atoms with Gasteiger partial charge in [0, 0.05) is 6.54 Å². The zero-order valence-electron chi connectivity index (χ0n) is 13.3. The van der Waals surface area contributed by atoms with Crippen molar-refractivity contribution < 1.29 is 18.6 Å². The van der Waals surface area contributed by atoms with Gasteiger partial charge in [0.1, 0.15) is 29.7 Å². The van der Waals surface area contributed by atoms with Gasteiger partial charge in [-0.25, -0.2) is 13.8 Å². The smallest absolute Gasteiger partial charge is 0.280 e. The van der Waals surface area contributed by atoms with E-state index in [0.29, 0.717) is 6.54 Å². The van der Waals surface area contributed by atoms with Gasteiger partial charge in [-0.1, -0.05) is 0 Å². The van der Waals surface area contributed by atoms with Gasteiger partial charge in [0.15, 0.2) is 5.69 Å². The Balaban J connectivity index is 1.83. The number of aromatic nitrogens is 2. The van der Waals surface area contributed by atoms with Crippen LogP contribution in [0.15, 0.2) is 35.4 Å². The number of ether oxygens (including phenoxy) is 1. The van der Waals surface area contributed by atoms with Gasteiger partial charge < -0.3 is 20.9 Å². The highest BCUT2D eigenvalue weighted by Gasteiger charge is 2.40. The number of halogens is 2. The summed E-state index contributed by atoms with van der Waals surface area (Å²) in [4.78, 5) is 16.3. The van der Waals surface area contributed by atoms with Crippen molar-refractivity contribution in [2.45, 2.75) is 24.7 Å². The van der Waals surface area contributed by atoms with Crippen molar-refractivity contribution in [3.8, 4) is 11.6 Å². The average molecular weight is 352 g/mol. The number of nitrogens with zero attached hydrogens (tertiary/aromatic N) is 2. The van der Waals surface area contributed by atoms with Crippen molar-refractivity contribution in [1.82, 2.24) is 14.9 Å². The van der Waals surface area contributed by atoms with E-state index < -0.39 is 23.1 Å². The van der Waals surface area contributed by atoms with Gasteiger partial charge in [-0.05, 0) is 37.2 Å². The zero-order chi connectivity index (χ0) is 18.0. The van der Waals surface area contributed by atoms with Crippen LogP contribution in [0.4, 0.5) is 14.5 Å². The van der Waals surface area contributed by atoms with E-state index in [0.717, 1.165) is 10.9 Å². The number of nitrogen functional groups attached to an aromatic ring is 1. The van der Waals surface area contributed by atoms with E-state index in [1.807, 2.05) is 0 Å². The first-order chi connectivity index (χ1) is 11.9. The molecule has 4 N–H and O–H groups in total. The molecule has 1 aliphatic heterocycles. The fraction of sp³-hybridized carbons (Fsp3) is 0.375. The Hall–Kier alpha value is -2.52. The first kappa shape index (κ1) is 17.3. The second-order valence-corrected chi connectivity index (χ2v) is 5.98. The Morgan fingerprint density at radius 2 is 2.16 bits per heavy atom. The van der Waals surface area contributed by atoms with Crippen molar-refractivity contribution in [3.63, 3.8) is 0 Å². The lowest BCUT2D eigenvalue weighted by Gasteiger charge is -2.36. The van der Waals surface area contributed by atoms with Gasteiger partial charge in [-0.15, -0.1) is 0 Å². The molecule has 2 atom stereocenters. The number of benzene rings is 1. The number of aliphatic hydroxyl groups is 1. The van der Waals surface area contributed by atoms with Crippen molar-refractivity contribution in [2.24, 2.45) is 0 Å². The van der Waals surface area contributed by atoms with Gasteiger partial charge in [0.2, 0.25) is 5.88 Å². The molecule has 1 aromatic heterocycles. The van der Waals surface area contributed by atoms with Gasteiger partial charge in [0.25, 0.3) is 5.56 Å². The first-order valence-corrected chi connectivity index (χ1v) is 7.74. The van der Waals surface area contributed by atoms with E-state index in [2.05, 4.69) is 10.3 Å². The topological polar surface area (TPSA) is 102 Å². The second-order valence-electron chi connectivity index (χ2n) is 5.98. The van der Waals surface area contributed by atoms with Crippen LogP contribution in [0.3, 0.4) is 0 Å². The number of nitrogens with one attached hydrogen (secondary N) is 1. The van der Waals surface area contributed by atoms with Gasteiger partial charge in [0.05, 0.1) is 6.54 Å². The van der Waals surface area contributed by atoms with Crippen LogP contribution < -0.4 is 21.3 Å². The molecule has 0 aliphatic carbocycles. The quantitative estimate of drug-likeness (QED) is 0.753. The van der Waals surface area contributed by atoms with Gasteiger partial charge in [-0.2, -0.15) is 0 Å². The third-order valence-corrected chi connectivity index (χ3v) is 4.15. The number of hydrogen-bond acceptors (Lipinski definition) is 6. The molecule has 25 heavy (non-hydrogen) atoms. The Labute approximate surface area is 142 Å². The molecule has 1 fully saturated rings. The van der Waals surface area contributed by atoms with Crippen LogP contribution in [0.5, 0.6) is 11.6 Å². The molecule has 0 amide bonds. The van der Waals surface area contributed by atoms with Crippen LogP contribution >= 0.6 is 0 Å². The highest BCUT2D eigenvalue weighted by molar-refractivity contribution is 5.47. The molecule has 2 heterocycles. The van der Waals surface area contributed by atoms with E-state index in [9.17, 15) is 18.7 Å². The number of alkyl halides is 1. The number of hydrogen-bond donors (Lipinski definition) is 3. The monoisotopic (exact) mass is 352 g/mol. The maximum absolute atomic E-state index is 14.0. The first-order valence-electron chi connectivity index (χ1n) is 7.74. The molecule has 0 radical (unpaired) electrons. The predicted molar refractivity (Wildman–Crippen MR) is 86.7 cm³/mol. The SMILES string of the molecule is Nc1c(Oc2ccc(F)cc2)ncn(C[C@@]2(O)CCNC[C@@H]2F)c1=O. The molecule has 1 saturated heterocycles. The molecule has 9 heteroatoms. The van der Waals surface area contributed by atoms with E-state index >= 15 is 0 Å². The summed E-state index contributed by atoms with van der Waals surface area (Å²) in [5.41, 5.74) is 3.17. The second kappa shape index (κ2) is 6.77. The standard InChI is InChI=1S/C16H18F2N4O3/c17-10-1-3-11(4-2-10)25-14-13(19)15(23)22(9-21-14)8-16(24)5-6-20-7-12(16)18/h1-4,9,12,20,24H,5-8,19H2/t12-,16-/m0/s1. The van der Waals surface area contributed by atoms with Gasteiger partial charge >= 0.3 is 0 Å². The Kier molecular flexibility index (Phi) is 4.69. The minimum Gasteiger partial charge on any atom is -0.437 e. The maximum atomic E-state index is 14.0. The third kappa shape index (κ3) is 3.62. The molecule has 0 spiro atoms. The van der Waals surface area contributed by atoms with Crippen LogP contribution in [-0.2, 0) is 6.54 Å². The van der Waals surface area contributed by atoms with Crippen molar-refractivity contribution in [2.75, 3.05) is 18.8 Å². The van der Waals surface area contributed by atoms with Crippen LogP contribution in [-0.4, -0.2) is 39.5 Å². The van der Waals surface area contributed by atoms with Crippen LogP contribution in [0.2, 0.25) is 0 Å². The lowest BCUT2D eigenvalue weighted by molar-refractivity contribution is -0.0679. The molecule has 0 bridgehead atoms. The van der Waals surface area contributed by atoms with Crippen LogP contribution in [0.1, 0.15) is 6.42 Å². The van der Waals surface area contributed by atoms with Crippen molar-refractivity contribution in [3.05, 3.63) is 46.8 Å². The largest absolute Gasteiger partial charge is 0.437 e. The number of nitrogens with two attached hydrogens (primary N) is 1. The van der Waals surface area contributed by atoms with E-state index in [1.54, 1.807) is 0 Å². The Bertz CT molecular complexity index is 812. The fourth-order valence-electron chi connectivity index (χ4n) is 2.65. The van der Waals surface area contributed by atoms with Crippen molar-refractivity contribution in [1.29, 1.82) is 0 Å². The molecule has 1 aromatic carbocycles. The summed E-state index contributed by atoms with van der Waals surface area (Å²) in [5.74, 6) is -0.305. The lowest BCUT2D eigenvalue weighted by Crippen LogP contribution is -2.55. The van der Waals surface area contributed by atoms with E-state index in [-0.39, 0.29) is 36.8 Å². The third-order valence-electron chi connectivity index (χ3n) is 4.15. The van der Waals surface area contributed by atoms with Crippen molar-refractivity contribution >= 4 is 5.69 Å². The summed E-state index contributed by atoms with van der Waals surface area (Å²) in [6.45, 7) is 0.197. The highest BCUT2D eigenvalue weighted by Crippen LogP contribution is 2.25. The normalized spacial score (nSPS) is 23.4. The minimum atomic E-state index is -1.66. The van der Waals surface area contributed by atoms with Crippen LogP contribution in [0, 0.1) is 5.82 Å². The summed E-state index contributed by atoms with van der Waals surface area (Å²) < 4.78 is 33.4. The molecular weight excluding hydrogens is 334 g/mol. The highest BCUT2D eigenvalue weighted by atomic mass is 19.1. The summed E-state index contributed by atoms with van der Waals surface area (Å²) in [5, 5.41) is 13.3. The summed E-state index contributed by atoms with van der Waals surface area (Å²) in [6, 6.07) is 5.13. The molecular formula is C16H18F2N4O3. The zero-order valence-corrected chi connectivity index (χ0v) is 13.3. The predicted octanol–water partition coefficient (Wildman–Crippen LogP) is 0.819.